The molecule has 0 aliphatic heterocycles. The second-order valence-electron chi connectivity index (χ2n) is 26.1. The van der Waals surface area contributed by atoms with Crippen LogP contribution in [0, 0.1) is 41.4 Å². The molecule has 0 radical (unpaired) electrons. The molecule has 0 fully saturated rings. The number of rotatable bonds is 38. The smallest absolute Gasteiger partial charge is 0.328 e. The predicted molar refractivity (Wildman–Crippen MR) is 334 cm³/mol. The van der Waals surface area contributed by atoms with E-state index in [-0.39, 0.29) is 74.1 Å². The molecule has 0 heterocycles. The maximum absolute atomic E-state index is 14.7. The molecule has 25 nitrogen and oxygen atoms in total. The Morgan fingerprint density at radius 3 is 1.20 bits per heavy atom. The highest BCUT2D eigenvalue weighted by molar-refractivity contribution is 5.99. The number of carbonyl (C=O) groups excluding carboxylic acids is 10. The van der Waals surface area contributed by atoms with Gasteiger partial charge in [-0.2, -0.15) is 0 Å². The van der Waals surface area contributed by atoms with E-state index in [9.17, 15) is 68.1 Å². The van der Waals surface area contributed by atoms with E-state index in [2.05, 4.69) is 31.9 Å². The monoisotopic (exact) mass is 1240 g/mol. The van der Waals surface area contributed by atoms with E-state index < -0.39 is 144 Å². The van der Waals surface area contributed by atoms with E-state index in [0.29, 0.717) is 6.42 Å². The molecule has 0 aliphatic carbocycles. The number of allylic oxidation sites excluding steroid dienone is 2. The first-order valence-corrected chi connectivity index (χ1v) is 30.8. The number of aliphatic hydroxyl groups is 2. The van der Waals surface area contributed by atoms with Gasteiger partial charge in [0.25, 0.3) is 0 Å². The summed E-state index contributed by atoms with van der Waals surface area (Å²) in [5, 5.41) is 47.7. The maximum atomic E-state index is 14.7. The van der Waals surface area contributed by atoms with Gasteiger partial charge in [0.05, 0.1) is 18.8 Å². The molecule has 500 valence electrons. The molecule has 0 unspecified atom stereocenters. The normalized spacial score (nSPS) is 16.3. The van der Waals surface area contributed by atoms with Gasteiger partial charge >= 0.3 is 5.97 Å². The number of nitrogens with one attached hydrogen (secondary N) is 6. The molecule has 0 saturated carbocycles. The van der Waals surface area contributed by atoms with Crippen LogP contribution in [0.3, 0.4) is 0 Å². The van der Waals surface area contributed by atoms with Crippen molar-refractivity contribution in [3.05, 3.63) is 12.2 Å². The van der Waals surface area contributed by atoms with E-state index in [1.807, 2.05) is 69.2 Å². The van der Waals surface area contributed by atoms with Crippen molar-refractivity contribution in [3.63, 3.8) is 0 Å². The van der Waals surface area contributed by atoms with Gasteiger partial charge < -0.3 is 71.7 Å². The van der Waals surface area contributed by atoms with Crippen LogP contribution in [-0.2, 0) is 52.7 Å². The molecule has 0 spiro atoms. The van der Waals surface area contributed by atoms with Crippen LogP contribution in [0.5, 0.6) is 0 Å². The minimum absolute atomic E-state index is 0.00741. The number of amides is 10. The average molecular weight is 1240 g/mol. The second-order valence-corrected chi connectivity index (χ2v) is 26.1. The number of carbonyl (C=O) groups is 11. The summed E-state index contributed by atoms with van der Waals surface area (Å²) >= 11 is 0. The first-order valence-electron chi connectivity index (χ1n) is 30.8. The molecule has 0 rings (SSSR count). The molecule has 0 aromatic carbocycles. The first-order chi connectivity index (χ1) is 40.1. The number of hydrogen-bond donors (Lipinski definition) is 9. The first kappa shape index (κ1) is 80.8. The van der Waals surface area contributed by atoms with Crippen molar-refractivity contribution in [1.82, 2.24) is 56.4 Å². The van der Waals surface area contributed by atoms with E-state index in [0.717, 1.165) is 9.80 Å². The van der Waals surface area contributed by atoms with Crippen LogP contribution in [0.4, 0.5) is 0 Å². The Labute approximate surface area is 519 Å². The van der Waals surface area contributed by atoms with Gasteiger partial charge in [0, 0.05) is 35.2 Å². The Balaban J connectivity index is 6.84. The lowest BCUT2D eigenvalue weighted by Gasteiger charge is -2.40. The highest BCUT2D eigenvalue weighted by Crippen LogP contribution is 2.24. The van der Waals surface area contributed by atoms with Crippen molar-refractivity contribution in [2.45, 2.75) is 229 Å². The summed E-state index contributed by atoms with van der Waals surface area (Å²) in [6.07, 6.45) is 1.64. The molecular weight excluding hydrogens is 1120 g/mol. The minimum atomic E-state index is -1.78. The maximum Gasteiger partial charge on any atom is 0.328 e. The van der Waals surface area contributed by atoms with Crippen molar-refractivity contribution in [2.24, 2.45) is 41.4 Å². The van der Waals surface area contributed by atoms with E-state index >= 15 is 0 Å². The summed E-state index contributed by atoms with van der Waals surface area (Å²) in [5.74, 6) is -10.00. The zero-order valence-corrected chi connectivity index (χ0v) is 56.6. The largest absolute Gasteiger partial charge is 0.480 e. The fourth-order valence-corrected chi connectivity index (χ4v) is 10.3. The summed E-state index contributed by atoms with van der Waals surface area (Å²) in [5.41, 5.74) is 0. The second kappa shape index (κ2) is 38.3. The zero-order chi connectivity index (χ0) is 67.8. The molecule has 0 aromatic rings. The SMILES string of the molecule is C/C=C/C[C@@H](C)[C@@H](O)[C@@H](C(=O)N[C@H](C(=O)O)[C@@H](C)O)N(C)C(=O)[C@H](C(C)C)N(C)C(=O)[C@H](CC(C)C)NC(=O)[C@H](CC(C)C)N(C)C(=O)[C@@H](C)NC(=O)[C@H](C)NC(=O)[C@H](CC(C)C)N(C)C(=O)[C@H](CC(C)C)NC(=O)[C@H](CC(C)C)N(C)C(=O)CNC. The van der Waals surface area contributed by atoms with Crippen molar-refractivity contribution in [1.29, 1.82) is 0 Å². The highest BCUT2D eigenvalue weighted by Gasteiger charge is 2.44. The van der Waals surface area contributed by atoms with Crippen LogP contribution in [-0.4, -0.2) is 226 Å². The van der Waals surface area contributed by atoms with Crippen molar-refractivity contribution < 1.29 is 68.1 Å². The number of carboxylic acid groups (broad SMARTS) is 1. The van der Waals surface area contributed by atoms with Crippen molar-refractivity contribution in [2.75, 3.05) is 48.8 Å². The average Bonchev–Trinajstić information content (AvgIpc) is 1.71. The van der Waals surface area contributed by atoms with Crippen LogP contribution >= 0.6 is 0 Å². The molecule has 0 bridgehead atoms. The summed E-state index contributed by atoms with van der Waals surface area (Å²) in [4.78, 5) is 159. The summed E-state index contributed by atoms with van der Waals surface area (Å²) < 4.78 is 0. The Bertz CT molecular complexity index is 2310. The number of aliphatic hydroxyl groups excluding tert-OH is 2. The number of hydrogen-bond acceptors (Lipinski definition) is 14. The standard InChI is InChI=1S/C62H113N11O14/c1-24-25-26-39(14)52(76)51(57(81)68-49(42(17)74)62(86)87)73(23)61(85)50(38(12)13)72(22)60(84)44(28-34(4)5)67-56(80)47(31-37(10)11)70(20)58(82)41(16)65-53(77)40(15)64-54(78)46(30-36(8)9)71(21)59(83)43(27-33(2)3)66-55(79)45(29-35(6)7)69(19)48(75)32-63-18/h24-25,33-47,49-52,63,74,76H,26-32H2,1-23H3,(H,64,78)(H,65,77)(H,66,79)(H,67,80)(H,68,81)(H,86,87)/b25-24+/t39-,40+,41-,42-,43+,44+,45+,46+,47+,49+,50+,51+,52-/m1/s1. The minimum Gasteiger partial charge on any atom is -0.480 e. The van der Waals surface area contributed by atoms with Gasteiger partial charge in [-0.15, -0.1) is 0 Å². The van der Waals surface area contributed by atoms with Gasteiger partial charge in [-0.05, 0) is 115 Å². The van der Waals surface area contributed by atoms with Crippen LogP contribution < -0.4 is 31.9 Å². The quantitative estimate of drug-likeness (QED) is 0.0400. The van der Waals surface area contributed by atoms with Gasteiger partial charge in [-0.25, -0.2) is 4.79 Å². The Morgan fingerprint density at radius 2 is 0.816 bits per heavy atom. The van der Waals surface area contributed by atoms with E-state index in [1.54, 1.807) is 53.9 Å². The molecule has 87 heavy (non-hydrogen) atoms. The summed E-state index contributed by atoms with van der Waals surface area (Å²) in [7, 11) is 8.64. The van der Waals surface area contributed by atoms with Crippen LogP contribution in [0.1, 0.15) is 156 Å². The summed E-state index contributed by atoms with van der Waals surface area (Å²) in [6.45, 7) is 29.4. The lowest BCUT2D eigenvalue weighted by atomic mass is 9.91. The molecular formula is C62H113N11O14. The molecule has 0 aliphatic rings. The van der Waals surface area contributed by atoms with Gasteiger partial charge in [-0.3, -0.25) is 47.9 Å². The molecule has 13 atom stereocenters. The van der Waals surface area contributed by atoms with E-state index in [1.165, 1.54) is 63.7 Å². The molecule has 0 saturated heterocycles. The third kappa shape index (κ3) is 25.8. The van der Waals surface area contributed by atoms with Crippen molar-refractivity contribution in [3.8, 4) is 0 Å². The third-order valence-electron chi connectivity index (χ3n) is 15.3. The fraction of sp³-hybridized carbons (Fsp3) is 0.790. The lowest BCUT2D eigenvalue weighted by molar-refractivity contribution is -0.155. The van der Waals surface area contributed by atoms with Crippen LogP contribution in [0.25, 0.3) is 0 Å². The number of carboxylic acids is 1. The molecule has 25 heteroatoms. The Hall–Kier alpha value is -6.21. The third-order valence-corrected chi connectivity index (χ3v) is 15.3. The predicted octanol–water partition coefficient (Wildman–Crippen LogP) is 2.12. The van der Waals surface area contributed by atoms with Gasteiger partial charge in [0.1, 0.15) is 54.4 Å². The van der Waals surface area contributed by atoms with Crippen LogP contribution in [0.15, 0.2) is 12.2 Å². The Morgan fingerprint density at radius 1 is 0.437 bits per heavy atom. The Kier molecular flexibility index (Phi) is 35.5. The van der Waals surface area contributed by atoms with Gasteiger partial charge in [0.15, 0.2) is 6.04 Å². The van der Waals surface area contributed by atoms with Crippen molar-refractivity contribution >= 4 is 65.0 Å². The van der Waals surface area contributed by atoms with Gasteiger partial charge in [0.2, 0.25) is 59.1 Å². The lowest BCUT2D eigenvalue weighted by Crippen LogP contribution is -2.63. The highest BCUT2D eigenvalue weighted by atomic mass is 16.4. The summed E-state index contributed by atoms with van der Waals surface area (Å²) in [6, 6.07) is -12.7. The fourth-order valence-electron chi connectivity index (χ4n) is 10.3. The topological polar surface area (TPSA) is 337 Å². The van der Waals surface area contributed by atoms with E-state index in [4.69, 9.17) is 0 Å². The molecule has 10 amide bonds. The number of likely N-dealkylation sites (N-methyl/N-ethyl adjacent to an activating group) is 6. The zero-order valence-electron chi connectivity index (χ0n) is 56.6. The molecule has 0 aromatic heterocycles. The molecule has 9 N–H and O–H groups in total. The number of nitrogens with zero attached hydrogens (tertiary/aromatic N) is 5. The number of aliphatic carboxylic acids is 1. The van der Waals surface area contributed by atoms with Gasteiger partial charge in [-0.1, -0.05) is 102 Å². The van der Waals surface area contributed by atoms with Crippen LogP contribution in [0.2, 0.25) is 0 Å².